The molecule has 32 heavy (non-hydrogen) atoms. The van der Waals surface area contributed by atoms with E-state index in [2.05, 4.69) is 28.2 Å². The van der Waals surface area contributed by atoms with Crippen molar-refractivity contribution in [3.8, 4) is 11.5 Å². The molecular weight excluding hydrogens is 400 g/mol. The second-order valence-electron chi connectivity index (χ2n) is 8.03. The van der Waals surface area contributed by atoms with Gasteiger partial charge in [-0.1, -0.05) is 35.9 Å². The fourth-order valence-electron chi connectivity index (χ4n) is 4.12. The molecule has 0 saturated carbocycles. The number of hydrogen-bond donors (Lipinski definition) is 1. The lowest BCUT2D eigenvalue weighted by molar-refractivity contribution is -0.116. The van der Waals surface area contributed by atoms with Gasteiger partial charge in [-0.05, 0) is 48.4 Å². The lowest BCUT2D eigenvalue weighted by Crippen LogP contribution is -2.16. The Morgan fingerprint density at radius 2 is 1.62 bits per heavy atom. The van der Waals surface area contributed by atoms with Crippen molar-refractivity contribution in [2.75, 3.05) is 19.5 Å². The Balaban J connectivity index is 1.76. The third kappa shape index (κ3) is 4.47. The number of carbonyl (C=O) groups excluding carboxylic acids is 1. The second kappa shape index (κ2) is 9.18. The van der Waals surface area contributed by atoms with Crippen molar-refractivity contribution in [3.63, 3.8) is 0 Å². The molecule has 1 aromatic heterocycles. The Bertz CT molecular complexity index is 1220. The van der Waals surface area contributed by atoms with Crippen LogP contribution in [0.2, 0.25) is 0 Å². The van der Waals surface area contributed by atoms with Crippen molar-refractivity contribution in [2.45, 2.75) is 19.3 Å². The first-order valence-electron chi connectivity index (χ1n) is 10.6. The molecule has 4 aromatic rings. The Labute approximate surface area is 188 Å². The zero-order valence-electron chi connectivity index (χ0n) is 18.9. The van der Waals surface area contributed by atoms with E-state index in [0.29, 0.717) is 11.5 Å². The topological polar surface area (TPSA) is 52.5 Å². The van der Waals surface area contributed by atoms with Crippen molar-refractivity contribution >= 4 is 22.5 Å². The standard InChI is InChI=1S/C27H28N2O3/c1-18-9-11-20(12-10-18)28-27(30)16-24(19-13-21(31-3)15-22(14-19)32-4)25-17-29(2)26-8-6-5-7-23(25)26/h5-15,17,24H,16H2,1-4H3,(H,28,30). The number of rotatable bonds is 7. The van der Waals surface area contributed by atoms with E-state index in [-0.39, 0.29) is 18.2 Å². The van der Waals surface area contributed by atoms with Crippen LogP contribution in [0.15, 0.2) is 72.9 Å². The summed E-state index contributed by atoms with van der Waals surface area (Å²) < 4.78 is 13.1. The van der Waals surface area contributed by atoms with Crippen LogP contribution in [0.5, 0.6) is 11.5 Å². The highest BCUT2D eigenvalue weighted by Gasteiger charge is 2.24. The molecule has 1 unspecified atom stereocenters. The van der Waals surface area contributed by atoms with E-state index in [1.54, 1.807) is 14.2 Å². The summed E-state index contributed by atoms with van der Waals surface area (Å²) >= 11 is 0. The van der Waals surface area contributed by atoms with Crippen LogP contribution in [0.4, 0.5) is 5.69 Å². The van der Waals surface area contributed by atoms with Gasteiger partial charge in [-0.2, -0.15) is 0 Å². The smallest absolute Gasteiger partial charge is 0.225 e. The largest absolute Gasteiger partial charge is 0.497 e. The molecule has 164 valence electrons. The van der Waals surface area contributed by atoms with Gasteiger partial charge in [-0.3, -0.25) is 4.79 Å². The van der Waals surface area contributed by atoms with Crippen molar-refractivity contribution in [1.82, 2.24) is 4.57 Å². The Kier molecular flexibility index (Phi) is 6.17. The van der Waals surface area contributed by atoms with Gasteiger partial charge in [0, 0.05) is 48.2 Å². The van der Waals surface area contributed by atoms with Gasteiger partial charge < -0.3 is 19.4 Å². The van der Waals surface area contributed by atoms with E-state index >= 15 is 0 Å². The van der Waals surface area contributed by atoms with Crippen molar-refractivity contribution in [2.24, 2.45) is 7.05 Å². The van der Waals surface area contributed by atoms with Gasteiger partial charge in [0.1, 0.15) is 11.5 Å². The predicted octanol–water partition coefficient (Wildman–Crippen LogP) is 5.66. The van der Waals surface area contributed by atoms with Crippen LogP contribution in [0.1, 0.15) is 29.0 Å². The van der Waals surface area contributed by atoms with Gasteiger partial charge in [-0.15, -0.1) is 0 Å². The Morgan fingerprint density at radius 3 is 2.28 bits per heavy atom. The molecule has 5 heteroatoms. The van der Waals surface area contributed by atoms with Crippen LogP contribution in [-0.2, 0) is 11.8 Å². The molecule has 0 fully saturated rings. The highest BCUT2D eigenvalue weighted by molar-refractivity contribution is 5.93. The molecule has 0 aliphatic carbocycles. The quantitative estimate of drug-likeness (QED) is 0.413. The Morgan fingerprint density at radius 1 is 0.969 bits per heavy atom. The molecular formula is C27H28N2O3. The molecule has 0 spiro atoms. The SMILES string of the molecule is COc1cc(OC)cc(C(CC(=O)Nc2ccc(C)cc2)c2cn(C)c3ccccc23)c1. The number of ether oxygens (including phenoxy) is 2. The van der Waals surface area contributed by atoms with Gasteiger partial charge in [0.15, 0.2) is 0 Å². The highest BCUT2D eigenvalue weighted by atomic mass is 16.5. The fourth-order valence-corrected chi connectivity index (χ4v) is 4.12. The molecule has 1 heterocycles. The first-order valence-corrected chi connectivity index (χ1v) is 10.6. The van der Waals surface area contributed by atoms with E-state index in [9.17, 15) is 4.79 Å². The number of methoxy groups -OCH3 is 2. The zero-order valence-corrected chi connectivity index (χ0v) is 18.9. The van der Waals surface area contributed by atoms with Gasteiger partial charge in [-0.25, -0.2) is 0 Å². The van der Waals surface area contributed by atoms with E-state index < -0.39 is 0 Å². The molecule has 3 aromatic carbocycles. The molecule has 0 bridgehead atoms. The predicted molar refractivity (Wildman–Crippen MR) is 129 cm³/mol. The molecule has 0 saturated heterocycles. The van der Waals surface area contributed by atoms with E-state index in [1.807, 2.05) is 68.6 Å². The number of aryl methyl sites for hydroxylation is 2. The van der Waals surface area contributed by atoms with Crippen molar-refractivity contribution < 1.29 is 14.3 Å². The molecule has 1 N–H and O–H groups in total. The number of amides is 1. The van der Waals surface area contributed by atoms with E-state index in [4.69, 9.17) is 9.47 Å². The van der Waals surface area contributed by atoms with Gasteiger partial charge in [0.05, 0.1) is 14.2 Å². The van der Waals surface area contributed by atoms with Crippen LogP contribution in [-0.4, -0.2) is 24.7 Å². The number of benzene rings is 3. The lowest BCUT2D eigenvalue weighted by atomic mass is 9.87. The monoisotopic (exact) mass is 428 g/mol. The minimum Gasteiger partial charge on any atom is -0.497 e. The van der Waals surface area contributed by atoms with Gasteiger partial charge in [0.2, 0.25) is 5.91 Å². The number of anilines is 1. The Hall–Kier alpha value is -3.73. The number of carbonyl (C=O) groups is 1. The summed E-state index contributed by atoms with van der Waals surface area (Å²) in [6, 6.07) is 21.9. The normalized spacial score (nSPS) is 11.9. The van der Waals surface area contributed by atoms with E-state index in [1.165, 1.54) is 0 Å². The molecule has 0 aliphatic rings. The van der Waals surface area contributed by atoms with Crippen LogP contribution in [0.25, 0.3) is 10.9 Å². The summed E-state index contributed by atoms with van der Waals surface area (Å²) in [5.41, 5.74) is 5.14. The molecule has 0 aliphatic heterocycles. The average Bonchev–Trinajstić information content (AvgIpc) is 3.15. The number of fused-ring (bicyclic) bond motifs is 1. The van der Waals surface area contributed by atoms with E-state index in [0.717, 1.165) is 33.3 Å². The minimum atomic E-state index is -0.171. The highest BCUT2D eigenvalue weighted by Crippen LogP contribution is 2.37. The van der Waals surface area contributed by atoms with Crippen molar-refractivity contribution in [3.05, 3.63) is 89.6 Å². The fraction of sp³-hybridized carbons (Fsp3) is 0.222. The molecule has 1 atom stereocenters. The molecule has 1 amide bonds. The third-order valence-corrected chi connectivity index (χ3v) is 5.80. The zero-order chi connectivity index (χ0) is 22.7. The lowest BCUT2D eigenvalue weighted by Gasteiger charge is -2.19. The number of nitrogens with one attached hydrogen (secondary N) is 1. The first-order chi connectivity index (χ1) is 15.5. The summed E-state index contributed by atoms with van der Waals surface area (Å²) in [4.78, 5) is 13.1. The summed E-state index contributed by atoms with van der Waals surface area (Å²) in [5.74, 6) is 1.18. The van der Waals surface area contributed by atoms with Gasteiger partial charge >= 0.3 is 0 Å². The van der Waals surface area contributed by atoms with Crippen LogP contribution in [0.3, 0.4) is 0 Å². The van der Waals surface area contributed by atoms with Crippen LogP contribution < -0.4 is 14.8 Å². The maximum absolute atomic E-state index is 13.1. The number of hydrogen-bond acceptors (Lipinski definition) is 3. The van der Waals surface area contributed by atoms with Crippen LogP contribution in [0, 0.1) is 6.92 Å². The number of para-hydroxylation sites is 1. The number of aromatic nitrogens is 1. The maximum Gasteiger partial charge on any atom is 0.225 e. The second-order valence-corrected chi connectivity index (χ2v) is 8.03. The third-order valence-electron chi connectivity index (χ3n) is 5.80. The number of nitrogens with zero attached hydrogens (tertiary/aromatic N) is 1. The summed E-state index contributed by atoms with van der Waals surface area (Å²) in [6.07, 6.45) is 2.40. The van der Waals surface area contributed by atoms with Crippen molar-refractivity contribution in [1.29, 1.82) is 0 Å². The molecule has 4 rings (SSSR count). The van der Waals surface area contributed by atoms with Crippen LogP contribution >= 0.6 is 0 Å². The molecule has 0 radical (unpaired) electrons. The minimum absolute atomic E-state index is 0.0476. The average molecular weight is 429 g/mol. The maximum atomic E-state index is 13.1. The summed E-state index contributed by atoms with van der Waals surface area (Å²) in [5, 5.41) is 4.17. The first kappa shape index (κ1) is 21.5. The summed E-state index contributed by atoms with van der Waals surface area (Å²) in [7, 11) is 5.30. The summed E-state index contributed by atoms with van der Waals surface area (Å²) in [6.45, 7) is 2.03. The van der Waals surface area contributed by atoms with Gasteiger partial charge in [0.25, 0.3) is 0 Å². The molecule has 5 nitrogen and oxygen atoms in total.